The number of unbranched alkanes of at least 4 members (excludes halogenated alkanes) is 5. The fraction of sp³-hybridized carbons (Fsp3) is 0.432. The molecule has 9 heteroatoms. The smallest absolute Gasteiger partial charge is 0.408 e. The number of carbonyl (C=O) groups is 3. The molecule has 0 saturated carbocycles. The van der Waals surface area contributed by atoms with Crippen LogP contribution in [0.4, 0.5) is 10.5 Å². The monoisotopic (exact) mass is 649 g/mol. The minimum atomic E-state index is -1.09. The maximum atomic E-state index is 14.7. The molecule has 8 nitrogen and oxygen atoms in total. The summed E-state index contributed by atoms with van der Waals surface area (Å²) in [5.41, 5.74) is 1.80. The quantitative estimate of drug-likeness (QED) is 0.143. The van der Waals surface area contributed by atoms with Gasteiger partial charge >= 0.3 is 6.09 Å². The number of benzene rings is 3. The highest BCUT2D eigenvalue weighted by atomic mass is 35.5. The zero-order valence-electron chi connectivity index (χ0n) is 27.6. The molecule has 0 spiro atoms. The van der Waals surface area contributed by atoms with Crippen LogP contribution >= 0.6 is 11.6 Å². The first-order chi connectivity index (χ1) is 21.9. The number of nitrogens with one attached hydrogen (secondary N) is 2. The molecule has 0 saturated heterocycles. The minimum absolute atomic E-state index is 0.0344. The van der Waals surface area contributed by atoms with Crippen LogP contribution < -0.4 is 10.6 Å². The average Bonchev–Trinajstić information content (AvgIpc) is 3.00. The third-order valence-corrected chi connectivity index (χ3v) is 7.86. The lowest BCUT2D eigenvalue weighted by Crippen LogP contribution is -2.53. The van der Waals surface area contributed by atoms with Crippen LogP contribution in [-0.4, -0.2) is 46.1 Å². The fourth-order valence-electron chi connectivity index (χ4n) is 5.24. The van der Waals surface area contributed by atoms with E-state index in [1.807, 2.05) is 43.3 Å². The molecular formula is C37H48ClN3O5. The van der Waals surface area contributed by atoms with Gasteiger partial charge in [0.2, 0.25) is 5.91 Å². The van der Waals surface area contributed by atoms with E-state index in [1.165, 1.54) is 12.1 Å². The predicted molar refractivity (Wildman–Crippen MR) is 184 cm³/mol. The van der Waals surface area contributed by atoms with Crippen LogP contribution in [0, 0.1) is 6.92 Å². The lowest BCUT2D eigenvalue weighted by atomic mass is 9.99. The van der Waals surface area contributed by atoms with E-state index in [2.05, 4.69) is 17.6 Å². The van der Waals surface area contributed by atoms with Crippen LogP contribution in [0.15, 0.2) is 72.8 Å². The van der Waals surface area contributed by atoms with E-state index in [0.717, 1.165) is 43.2 Å². The Balaban J connectivity index is 2.06. The molecule has 3 rings (SSSR count). The van der Waals surface area contributed by atoms with E-state index >= 15 is 0 Å². The van der Waals surface area contributed by atoms with Crippen molar-refractivity contribution in [1.29, 1.82) is 0 Å². The van der Waals surface area contributed by atoms with E-state index < -0.39 is 35.6 Å². The van der Waals surface area contributed by atoms with Crippen molar-refractivity contribution >= 4 is 35.2 Å². The van der Waals surface area contributed by atoms with E-state index in [-0.39, 0.29) is 18.7 Å². The summed E-state index contributed by atoms with van der Waals surface area (Å²) in [6.45, 7) is 9.55. The number of carbonyl (C=O) groups excluding carboxylic acids is 3. The van der Waals surface area contributed by atoms with Crippen LogP contribution in [0.1, 0.15) is 89.0 Å². The summed E-state index contributed by atoms with van der Waals surface area (Å²) >= 11 is 6.49. The molecule has 3 aromatic carbocycles. The van der Waals surface area contributed by atoms with Gasteiger partial charge in [-0.3, -0.25) is 9.59 Å². The van der Waals surface area contributed by atoms with Crippen molar-refractivity contribution < 1.29 is 24.2 Å². The standard InChI is InChI=1S/C37H48ClN3O5/c1-6-7-8-9-10-14-24-41(35(44)31(25-27-17-12-11-13-18-27)39-36(45)46-37(3,4)5)33(28-20-22-29(42)23-21-28)34(43)40-32-26(2)16-15-19-30(32)38/h11-13,15-23,31,33,42H,6-10,14,24-25H2,1-5H3,(H,39,45)(H,40,43). The highest BCUT2D eigenvalue weighted by Crippen LogP contribution is 2.30. The van der Waals surface area contributed by atoms with Crippen molar-refractivity contribution in [3.8, 4) is 5.75 Å². The van der Waals surface area contributed by atoms with E-state index in [4.69, 9.17) is 16.3 Å². The zero-order valence-corrected chi connectivity index (χ0v) is 28.4. The number of aromatic hydroxyl groups is 1. The second-order valence-electron chi connectivity index (χ2n) is 12.6. The first kappa shape index (κ1) is 36.4. The largest absolute Gasteiger partial charge is 0.508 e. The van der Waals surface area contributed by atoms with Gasteiger partial charge in [-0.1, -0.05) is 105 Å². The molecule has 0 radical (unpaired) electrons. The van der Waals surface area contributed by atoms with Crippen molar-refractivity contribution in [3.05, 3.63) is 94.5 Å². The Bertz CT molecular complexity index is 1400. The van der Waals surface area contributed by atoms with Gasteiger partial charge in [-0.05, 0) is 69.0 Å². The normalized spacial score (nSPS) is 12.6. The number of aryl methyl sites for hydroxylation is 1. The molecule has 2 unspecified atom stereocenters. The Labute approximate surface area is 278 Å². The van der Waals surface area contributed by atoms with Crippen molar-refractivity contribution in [2.24, 2.45) is 0 Å². The SMILES string of the molecule is CCCCCCCCN(C(=O)C(Cc1ccccc1)NC(=O)OC(C)(C)C)C(C(=O)Nc1c(C)cccc1Cl)c1ccc(O)cc1. The van der Waals surface area contributed by atoms with E-state index in [1.54, 1.807) is 49.9 Å². The molecule has 3 N–H and O–H groups in total. The molecule has 0 bridgehead atoms. The van der Waals surface area contributed by atoms with Gasteiger partial charge in [-0.25, -0.2) is 4.79 Å². The summed E-state index contributed by atoms with van der Waals surface area (Å²) in [4.78, 5) is 43.6. The lowest BCUT2D eigenvalue weighted by Gasteiger charge is -2.35. The third kappa shape index (κ3) is 11.4. The predicted octanol–water partition coefficient (Wildman–Crippen LogP) is 8.36. The van der Waals surface area contributed by atoms with Gasteiger partial charge in [-0.2, -0.15) is 0 Å². The first-order valence-corrected chi connectivity index (χ1v) is 16.5. The number of halogens is 1. The van der Waals surface area contributed by atoms with Gasteiger partial charge in [0, 0.05) is 13.0 Å². The Morgan fingerprint density at radius 2 is 1.54 bits per heavy atom. The number of phenolic OH excluding ortho intramolecular Hbond substituents is 1. The third-order valence-electron chi connectivity index (χ3n) is 7.55. The lowest BCUT2D eigenvalue weighted by molar-refractivity contribution is -0.140. The Hall–Kier alpha value is -4.04. The maximum Gasteiger partial charge on any atom is 0.408 e. The average molecular weight is 650 g/mol. The van der Waals surface area contributed by atoms with Crippen LogP contribution in [0.2, 0.25) is 5.02 Å². The first-order valence-electron chi connectivity index (χ1n) is 16.1. The van der Waals surface area contributed by atoms with Gasteiger partial charge in [-0.15, -0.1) is 0 Å². The molecule has 0 aromatic heterocycles. The molecule has 248 valence electrons. The summed E-state index contributed by atoms with van der Waals surface area (Å²) in [7, 11) is 0. The maximum absolute atomic E-state index is 14.7. The van der Waals surface area contributed by atoms with Crippen LogP contribution in [-0.2, 0) is 20.7 Å². The molecular weight excluding hydrogens is 602 g/mol. The van der Waals surface area contributed by atoms with Crippen molar-refractivity contribution in [1.82, 2.24) is 10.2 Å². The Morgan fingerprint density at radius 3 is 2.17 bits per heavy atom. The van der Waals surface area contributed by atoms with Crippen LogP contribution in [0.5, 0.6) is 5.75 Å². The fourth-order valence-corrected chi connectivity index (χ4v) is 5.51. The molecule has 3 aromatic rings. The molecule has 0 heterocycles. The molecule has 0 aliphatic rings. The van der Waals surface area contributed by atoms with Crippen LogP contribution in [0.3, 0.4) is 0 Å². The van der Waals surface area contributed by atoms with Crippen molar-refractivity contribution in [2.45, 2.75) is 97.2 Å². The van der Waals surface area contributed by atoms with Gasteiger partial charge < -0.3 is 25.4 Å². The topological polar surface area (TPSA) is 108 Å². The highest BCUT2D eigenvalue weighted by molar-refractivity contribution is 6.34. The molecule has 46 heavy (non-hydrogen) atoms. The number of ether oxygens (including phenoxy) is 1. The van der Waals surface area contributed by atoms with E-state index in [9.17, 15) is 19.5 Å². The molecule has 3 amide bonds. The second-order valence-corrected chi connectivity index (χ2v) is 13.0. The number of para-hydroxylation sites is 1. The minimum Gasteiger partial charge on any atom is -0.508 e. The summed E-state index contributed by atoms with van der Waals surface area (Å²) in [6.07, 6.45) is 5.36. The van der Waals surface area contributed by atoms with Gasteiger partial charge in [0.25, 0.3) is 5.91 Å². The van der Waals surface area contributed by atoms with Crippen molar-refractivity contribution in [3.63, 3.8) is 0 Å². The number of nitrogens with zero attached hydrogens (tertiary/aromatic N) is 1. The second kappa shape index (κ2) is 17.6. The highest BCUT2D eigenvalue weighted by Gasteiger charge is 2.36. The number of phenols is 1. The number of hydrogen-bond acceptors (Lipinski definition) is 5. The Kier molecular flexibility index (Phi) is 13.9. The van der Waals surface area contributed by atoms with Crippen LogP contribution in [0.25, 0.3) is 0 Å². The summed E-state index contributed by atoms with van der Waals surface area (Å²) in [5.74, 6) is -0.850. The van der Waals surface area contributed by atoms with Gasteiger partial charge in [0.15, 0.2) is 0 Å². The molecule has 2 atom stereocenters. The Morgan fingerprint density at radius 1 is 0.891 bits per heavy atom. The number of rotatable bonds is 15. The number of alkyl carbamates (subject to hydrolysis) is 1. The summed E-state index contributed by atoms with van der Waals surface area (Å²) in [6, 6.07) is 18.9. The zero-order chi connectivity index (χ0) is 33.7. The molecule has 0 fully saturated rings. The molecule has 0 aliphatic carbocycles. The van der Waals surface area contributed by atoms with Crippen molar-refractivity contribution in [2.75, 3.05) is 11.9 Å². The summed E-state index contributed by atoms with van der Waals surface area (Å²) in [5, 5.41) is 16.2. The number of amides is 3. The van der Waals surface area contributed by atoms with Gasteiger partial charge in [0.05, 0.1) is 10.7 Å². The molecule has 0 aliphatic heterocycles. The number of anilines is 1. The van der Waals surface area contributed by atoms with E-state index in [0.29, 0.717) is 22.7 Å². The van der Waals surface area contributed by atoms with Gasteiger partial charge in [0.1, 0.15) is 23.4 Å². The number of hydrogen-bond donors (Lipinski definition) is 3. The summed E-state index contributed by atoms with van der Waals surface area (Å²) < 4.78 is 5.54.